The van der Waals surface area contributed by atoms with Crippen molar-refractivity contribution >= 4 is 5.91 Å². The lowest BCUT2D eigenvalue weighted by atomic mass is 10.0. The molecule has 0 bridgehead atoms. The van der Waals surface area contributed by atoms with Crippen LogP contribution in [0.3, 0.4) is 0 Å². The predicted molar refractivity (Wildman–Crippen MR) is 80.7 cm³/mol. The van der Waals surface area contributed by atoms with Crippen LogP contribution in [0, 0.1) is 5.92 Å². The number of aliphatic hydroxyl groups is 1. The fourth-order valence-corrected chi connectivity index (χ4v) is 2.87. The van der Waals surface area contributed by atoms with Crippen molar-refractivity contribution in [1.82, 2.24) is 20.2 Å². The molecule has 6 nitrogen and oxygen atoms in total. The van der Waals surface area contributed by atoms with Crippen LogP contribution >= 0.6 is 0 Å². The van der Waals surface area contributed by atoms with Gasteiger partial charge in [0.25, 0.3) is 0 Å². The number of β-amino-alcohol motifs (C(OH)–C–C–N with tert-alkyl or cyclic N) is 1. The van der Waals surface area contributed by atoms with Crippen molar-refractivity contribution in [3.05, 3.63) is 18.2 Å². The van der Waals surface area contributed by atoms with E-state index in [-0.39, 0.29) is 18.1 Å². The third-order valence-corrected chi connectivity index (χ3v) is 3.75. The number of aromatic nitrogens is 2. The van der Waals surface area contributed by atoms with E-state index in [1.54, 1.807) is 12.5 Å². The van der Waals surface area contributed by atoms with Gasteiger partial charge in [-0.3, -0.25) is 9.69 Å². The molecule has 118 valence electrons. The molecule has 0 aliphatic carbocycles. The number of hydrogen-bond donors (Lipinski definition) is 3. The Morgan fingerprint density at radius 1 is 1.62 bits per heavy atom. The van der Waals surface area contributed by atoms with Crippen LogP contribution in [-0.4, -0.2) is 57.7 Å². The number of likely N-dealkylation sites (tertiary alicyclic amines) is 1. The van der Waals surface area contributed by atoms with Crippen molar-refractivity contribution in [2.45, 2.75) is 45.3 Å². The zero-order valence-corrected chi connectivity index (χ0v) is 12.9. The molecule has 2 rings (SSSR count). The SMILES string of the molecule is CC(C)C[C@@H](CN1CCC(O)C1)NC(=O)Cc1cnc[nH]1. The lowest BCUT2D eigenvalue weighted by Crippen LogP contribution is -2.44. The number of amides is 1. The molecule has 1 amide bonds. The Morgan fingerprint density at radius 3 is 3.00 bits per heavy atom. The smallest absolute Gasteiger partial charge is 0.226 e. The van der Waals surface area contributed by atoms with Crippen LogP contribution in [0.15, 0.2) is 12.5 Å². The zero-order valence-electron chi connectivity index (χ0n) is 12.9. The first-order valence-corrected chi connectivity index (χ1v) is 7.70. The molecule has 1 unspecified atom stereocenters. The number of carbonyl (C=O) groups excluding carboxylic acids is 1. The molecule has 0 spiro atoms. The topological polar surface area (TPSA) is 81.2 Å². The summed E-state index contributed by atoms with van der Waals surface area (Å²) in [6.07, 6.45) is 5.15. The van der Waals surface area contributed by atoms with Gasteiger partial charge in [0.1, 0.15) is 0 Å². The Hall–Kier alpha value is -1.40. The number of imidazole rings is 1. The maximum absolute atomic E-state index is 12.1. The van der Waals surface area contributed by atoms with E-state index in [0.29, 0.717) is 18.9 Å². The minimum Gasteiger partial charge on any atom is -0.392 e. The molecule has 1 aliphatic rings. The highest BCUT2D eigenvalue weighted by Gasteiger charge is 2.24. The average molecular weight is 294 g/mol. The van der Waals surface area contributed by atoms with E-state index in [1.807, 2.05) is 0 Å². The van der Waals surface area contributed by atoms with Gasteiger partial charge in [0.2, 0.25) is 5.91 Å². The average Bonchev–Trinajstić information content (AvgIpc) is 3.00. The molecule has 1 aromatic rings. The van der Waals surface area contributed by atoms with Crippen LogP contribution in [0.4, 0.5) is 0 Å². The predicted octanol–water partition coefficient (Wildman–Crippen LogP) is 0.550. The van der Waals surface area contributed by atoms with Gasteiger partial charge < -0.3 is 15.4 Å². The normalized spacial score (nSPS) is 20.9. The summed E-state index contributed by atoms with van der Waals surface area (Å²) in [6.45, 7) is 6.75. The van der Waals surface area contributed by atoms with Crippen LogP contribution < -0.4 is 5.32 Å². The van der Waals surface area contributed by atoms with Gasteiger partial charge in [-0.1, -0.05) is 13.8 Å². The highest BCUT2D eigenvalue weighted by Crippen LogP contribution is 2.12. The largest absolute Gasteiger partial charge is 0.392 e. The van der Waals surface area contributed by atoms with Crippen LogP contribution in [0.1, 0.15) is 32.4 Å². The molecule has 1 aromatic heterocycles. The molecular weight excluding hydrogens is 268 g/mol. The number of aromatic amines is 1. The fourth-order valence-electron chi connectivity index (χ4n) is 2.87. The maximum Gasteiger partial charge on any atom is 0.226 e. The van der Waals surface area contributed by atoms with Gasteiger partial charge in [-0.15, -0.1) is 0 Å². The molecule has 3 N–H and O–H groups in total. The number of hydrogen-bond acceptors (Lipinski definition) is 4. The quantitative estimate of drug-likeness (QED) is 0.686. The fraction of sp³-hybridized carbons (Fsp3) is 0.733. The Balaban J connectivity index is 1.84. The van der Waals surface area contributed by atoms with Crippen molar-refractivity contribution in [3.8, 4) is 0 Å². The molecule has 21 heavy (non-hydrogen) atoms. The van der Waals surface area contributed by atoms with Gasteiger partial charge in [-0.25, -0.2) is 4.98 Å². The molecule has 2 heterocycles. The molecule has 2 atom stereocenters. The Kier molecular flexibility index (Phi) is 5.76. The third-order valence-electron chi connectivity index (χ3n) is 3.75. The number of nitrogens with one attached hydrogen (secondary N) is 2. The van der Waals surface area contributed by atoms with E-state index in [4.69, 9.17) is 0 Å². The van der Waals surface area contributed by atoms with Crippen LogP contribution in [0.5, 0.6) is 0 Å². The van der Waals surface area contributed by atoms with E-state index in [2.05, 4.69) is 34.0 Å². The highest BCUT2D eigenvalue weighted by molar-refractivity contribution is 5.78. The summed E-state index contributed by atoms with van der Waals surface area (Å²) < 4.78 is 0. The Labute approximate surface area is 125 Å². The molecule has 0 aromatic carbocycles. The molecular formula is C15H26N4O2. The molecule has 1 fully saturated rings. The summed E-state index contributed by atoms with van der Waals surface area (Å²) >= 11 is 0. The Morgan fingerprint density at radius 2 is 2.43 bits per heavy atom. The van der Waals surface area contributed by atoms with E-state index in [0.717, 1.165) is 31.6 Å². The summed E-state index contributed by atoms with van der Waals surface area (Å²) in [5.74, 6) is 0.541. The summed E-state index contributed by atoms with van der Waals surface area (Å²) in [4.78, 5) is 21.2. The highest BCUT2D eigenvalue weighted by atomic mass is 16.3. The first-order valence-electron chi connectivity index (χ1n) is 7.70. The number of aliphatic hydroxyl groups excluding tert-OH is 1. The number of carbonyl (C=O) groups is 1. The van der Waals surface area contributed by atoms with Gasteiger partial charge in [0.05, 0.1) is 18.9 Å². The minimum absolute atomic E-state index is 0.0182. The second-order valence-corrected chi connectivity index (χ2v) is 6.35. The number of rotatable bonds is 7. The van der Waals surface area contributed by atoms with E-state index in [9.17, 15) is 9.90 Å². The van der Waals surface area contributed by atoms with Gasteiger partial charge in [-0.05, 0) is 18.8 Å². The summed E-state index contributed by atoms with van der Waals surface area (Å²) in [7, 11) is 0. The van der Waals surface area contributed by atoms with Crippen molar-refractivity contribution in [3.63, 3.8) is 0 Å². The second-order valence-electron chi connectivity index (χ2n) is 6.35. The maximum atomic E-state index is 12.1. The van der Waals surface area contributed by atoms with E-state index < -0.39 is 0 Å². The van der Waals surface area contributed by atoms with Crippen LogP contribution in [0.2, 0.25) is 0 Å². The zero-order chi connectivity index (χ0) is 15.2. The van der Waals surface area contributed by atoms with Crippen molar-refractivity contribution in [2.24, 2.45) is 5.92 Å². The summed E-state index contributed by atoms with van der Waals surface area (Å²) in [5.41, 5.74) is 0.826. The van der Waals surface area contributed by atoms with Crippen molar-refractivity contribution in [1.29, 1.82) is 0 Å². The monoisotopic (exact) mass is 294 g/mol. The summed E-state index contributed by atoms with van der Waals surface area (Å²) in [5, 5.41) is 12.7. The molecule has 0 radical (unpaired) electrons. The van der Waals surface area contributed by atoms with Crippen LogP contribution in [-0.2, 0) is 11.2 Å². The van der Waals surface area contributed by atoms with Gasteiger partial charge >= 0.3 is 0 Å². The van der Waals surface area contributed by atoms with Gasteiger partial charge in [0, 0.05) is 37.6 Å². The minimum atomic E-state index is -0.217. The lowest BCUT2D eigenvalue weighted by Gasteiger charge is -2.26. The van der Waals surface area contributed by atoms with Gasteiger partial charge in [-0.2, -0.15) is 0 Å². The first kappa shape index (κ1) is 16.0. The second kappa shape index (κ2) is 7.56. The Bertz CT molecular complexity index is 433. The standard InChI is InChI=1S/C15H26N4O2/c1-11(2)5-13(8-19-4-3-14(20)9-19)18-15(21)6-12-7-16-10-17-12/h7,10-11,13-14,20H,3-6,8-9H2,1-2H3,(H,16,17)(H,18,21)/t13-,14?/m0/s1. The first-order chi connectivity index (χ1) is 10.0. The molecule has 0 saturated carbocycles. The summed E-state index contributed by atoms with van der Waals surface area (Å²) in [6, 6.07) is 0.130. The van der Waals surface area contributed by atoms with E-state index >= 15 is 0 Å². The molecule has 1 saturated heterocycles. The van der Waals surface area contributed by atoms with Crippen molar-refractivity contribution < 1.29 is 9.90 Å². The lowest BCUT2D eigenvalue weighted by molar-refractivity contribution is -0.121. The number of H-pyrrole nitrogens is 1. The number of nitrogens with zero attached hydrogens (tertiary/aromatic N) is 2. The third kappa shape index (κ3) is 5.47. The molecule has 1 aliphatic heterocycles. The van der Waals surface area contributed by atoms with Crippen molar-refractivity contribution in [2.75, 3.05) is 19.6 Å². The van der Waals surface area contributed by atoms with Crippen LogP contribution in [0.25, 0.3) is 0 Å². The molecule has 6 heteroatoms. The van der Waals surface area contributed by atoms with E-state index in [1.165, 1.54) is 0 Å². The van der Waals surface area contributed by atoms with Gasteiger partial charge in [0.15, 0.2) is 0 Å².